The molecule has 0 spiro atoms. The van der Waals surface area contributed by atoms with Crippen LogP contribution in [0.15, 0.2) is 42.0 Å². The number of aromatic nitrogens is 3. The molecule has 3 aromatic rings. The van der Waals surface area contributed by atoms with Gasteiger partial charge < -0.3 is 4.98 Å². The van der Waals surface area contributed by atoms with Gasteiger partial charge in [0.25, 0.3) is 0 Å². The highest BCUT2D eigenvalue weighted by molar-refractivity contribution is 7.09. The smallest absolute Gasteiger partial charge is 0.0925 e. The van der Waals surface area contributed by atoms with Crippen LogP contribution in [0.2, 0.25) is 0 Å². The van der Waals surface area contributed by atoms with Gasteiger partial charge in [-0.1, -0.05) is 30.3 Å². The largest absolute Gasteiger partial charge is 0.348 e. The van der Waals surface area contributed by atoms with E-state index in [-0.39, 0.29) is 5.41 Å². The predicted molar refractivity (Wildman–Crippen MR) is 102 cm³/mol. The number of rotatable bonds is 4. The number of piperidine rings is 1. The van der Waals surface area contributed by atoms with E-state index in [1.54, 1.807) is 17.7 Å². The van der Waals surface area contributed by atoms with Gasteiger partial charge in [0.2, 0.25) is 0 Å². The van der Waals surface area contributed by atoms with E-state index in [9.17, 15) is 0 Å². The Bertz CT molecular complexity index is 828. The van der Waals surface area contributed by atoms with Crippen molar-refractivity contribution in [2.75, 3.05) is 13.1 Å². The Labute approximate surface area is 153 Å². The summed E-state index contributed by atoms with van der Waals surface area (Å²) in [4.78, 5) is 15.0. The molecule has 1 N–H and O–H groups in total. The molecular weight excluding hydrogens is 328 g/mol. The van der Waals surface area contributed by atoms with Crippen molar-refractivity contribution in [2.24, 2.45) is 0 Å². The second kappa shape index (κ2) is 6.73. The Balaban J connectivity index is 1.59. The SMILES string of the molecule is Cc1nc(C2(c3ccccc3)CCN(Cc3nc[nH]c3C)CC2)cs1. The number of aryl methyl sites for hydroxylation is 2. The lowest BCUT2D eigenvalue weighted by molar-refractivity contribution is 0.168. The van der Waals surface area contributed by atoms with Gasteiger partial charge in [-0.15, -0.1) is 11.3 Å². The molecule has 1 aliphatic rings. The van der Waals surface area contributed by atoms with Crippen molar-refractivity contribution in [1.29, 1.82) is 0 Å². The van der Waals surface area contributed by atoms with Crippen molar-refractivity contribution in [3.63, 3.8) is 0 Å². The normalized spacial score (nSPS) is 17.7. The summed E-state index contributed by atoms with van der Waals surface area (Å²) in [5.41, 5.74) is 5.03. The van der Waals surface area contributed by atoms with Crippen LogP contribution in [0.5, 0.6) is 0 Å². The topological polar surface area (TPSA) is 44.8 Å². The maximum Gasteiger partial charge on any atom is 0.0925 e. The first kappa shape index (κ1) is 16.5. The first-order valence-corrected chi connectivity index (χ1v) is 9.75. The molecule has 0 radical (unpaired) electrons. The number of aromatic amines is 1. The highest BCUT2D eigenvalue weighted by Gasteiger charge is 2.39. The number of hydrogen-bond acceptors (Lipinski definition) is 4. The zero-order chi connectivity index (χ0) is 17.3. The molecule has 5 heteroatoms. The fourth-order valence-electron chi connectivity index (χ4n) is 3.88. The van der Waals surface area contributed by atoms with Crippen molar-refractivity contribution in [1.82, 2.24) is 19.9 Å². The number of thiazole rings is 1. The minimum Gasteiger partial charge on any atom is -0.348 e. The number of nitrogens with zero attached hydrogens (tertiary/aromatic N) is 3. The maximum atomic E-state index is 4.88. The van der Waals surface area contributed by atoms with Crippen LogP contribution in [0, 0.1) is 13.8 Å². The van der Waals surface area contributed by atoms with E-state index in [1.165, 1.54) is 17.0 Å². The van der Waals surface area contributed by atoms with Gasteiger partial charge in [-0.2, -0.15) is 0 Å². The van der Waals surface area contributed by atoms with E-state index < -0.39 is 0 Å². The summed E-state index contributed by atoms with van der Waals surface area (Å²) in [7, 11) is 0. The van der Waals surface area contributed by atoms with Crippen molar-refractivity contribution >= 4 is 11.3 Å². The second-order valence-corrected chi connectivity index (χ2v) is 8.01. The molecule has 4 nitrogen and oxygen atoms in total. The number of hydrogen-bond donors (Lipinski definition) is 1. The highest BCUT2D eigenvalue weighted by atomic mass is 32.1. The van der Waals surface area contributed by atoms with Gasteiger partial charge in [-0.3, -0.25) is 4.90 Å². The third-order valence-electron chi connectivity index (χ3n) is 5.45. The van der Waals surface area contributed by atoms with E-state index in [2.05, 4.69) is 64.4 Å². The molecule has 4 rings (SSSR count). The number of likely N-dealkylation sites (tertiary alicyclic amines) is 1. The molecule has 3 heterocycles. The number of benzene rings is 1. The van der Waals surface area contributed by atoms with Crippen molar-refractivity contribution in [2.45, 2.75) is 38.6 Å². The molecule has 25 heavy (non-hydrogen) atoms. The van der Waals surface area contributed by atoms with Crippen LogP contribution >= 0.6 is 11.3 Å². The minimum atomic E-state index is 0.0448. The van der Waals surface area contributed by atoms with Gasteiger partial charge in [0.1, 0.15) is 0 Å². The van der Waals surface area contributed by atoms with E-state index >= 15 is 0 Å². The molecule has 0 unspecified atom stereocenters. The number of imidazole rings is 1. The number of nitrogens with one attached hydrogen (secondary N) is 1. The van der Waals surface area contributed by atoms with Crippen LogP contribution in [-0.4, -0.2) is 32.9 Å². The Morgan fingerprint density at radius 2 is 1.92 bits per heavy atom. The van der Waals surface area contributed by atoms with Crippen LogP contribution in [0.1, 0.15) is 40.5 Å². The summed E-state index contributed by atoms with van der Waals surface area (Å²) in [6.07, 6.45) is 3.99. The second-order valence-electron chi connectivity index (χ2n) is 6.95. The molecule has 1 aromatic carbocycles. The summed E-state index contributed by atoms with van der Waals surface area (Å²) >= 11 is 1.76. The highest BCUT2D eigenvalue weighted by Crippen LogP contribution is 2.42. The maximum absolute atomic E-state index is 4.88. The lowest BCUT2D eigenvalue weighted by Crippen LogP contribution is -2.43. The van der Waals surface area contributed by atoms with Crippen LogP contribution in [0.25, 0.3) is 0 Å². The van der Waals surface area contributed by atoms with E-state index in [0.717, 1.165) is 43.2 Å². The monoisotopic (exact) mass is 352 g/mol. The molecule has 1 aliphatic heterocycles. The Morgan fingerprint density at radius 3 is 2.52 bits per heavy atom. The van der Waals surface area contributed by atoms with E-state index in [1.807, 2.05) is 0 Å². The van der Waals surface area contributed by atoms with Crippen LogP contribution in [0.3, 0.4) is 0 Å². The standard InChI is InChI=1S/C20H24N4S/c1-15-18(22-14-21-15)12-24-10-8-20(9-11-24,17-6-4-3-5-7-17)19-13-25-16(2)23-19/h3-7,13-14H,8-12H2,1-2H3,(H,21,22). The molecule has 0 saturated carbocycles. The lowest BCUT2D eigenvalue weighted by Gasteiger charge is -2.41. The molecule has 2 aromatic heterocycles. The van der Waals surface area contributed by atoms with Gasteiger partial charge >= 0.3 is 0 Å². The van der Waals surface area contributed by atoms with Crippen molar-refractivity contribution in [3.8, 4) is 0 Å². The summed E-state index contributed by atoms with van der Waals surface area (Å²) in [6, 6.07) is 10.9. The average Bonchev–Trinajstić information content (AvgIpc) is 3.26. The molecule has 1 saturated heterocycles. The van der Waals surface area contributed by atoms with Crippen LogP contribution in [-0.2, 0) is 12.0 Å². The van der Waals surface area contributed by atoms with Gasteiger partial charge in [0.15, 0.2) is 0 Å². The number of H-pyrrole nitrogens is 1. The Hall–Kier alpha value is -1.98. The first-order chi connectivity index (χ1) is 12.2. The first-order valence-electron chi connectivity index (χ1n) is 8.87. The molecule has 0 aliphatic carbocycles. The molecular formula is C20H24N4S. The van der Waals surface area contributed by atoms with E-state index in [4.69, 9.17) is 4.98 Å². The van der Waals surface area contributed by atoms with E-state index in [0.29, 0.717) is 0 Å². The summed E-state index contributed by atoms with van der Waals surface area (Å²) in [5.74, 6) is 0. The van der Waals surface area contributed by atoms with Gasteiger partial charge in [-0.05, 0) is 45.3 Å². The fourth-order valence-corrected chi connectivity index (χ4v) is 4.60. The molecule has 0 bridgehead atoms. The van der Waals surface area contributed by atoms with Gasteiger partial charge in [0.05, 0.1) is 22.7 Å². The summed E-state index contributed by atoms with van der Waals surface area (Å²) < 4.78 is 0. The Morgan fingerprint density at radius 1 is 1.16 bits per heavy atom. The minimum absolute atomic E-state index is 0.0448. The molecule has 130 valence electrons. The zero-order valence-corrected chi connectivity index (χ0v) is 15.6. The van der Waals surface area contributed by atoms with Crippen LogP contribution in [0.4, 0.5) is 0 Å². The van der Waals surface area contributed by atoms with Gasteiger partial charge in [0, 0.05) is 23.0 Å². The quantitative estimate of drug-likeness (QED) is 0.770. The van der Waals surface area contributed by atoms with Crippen LogP contribution < -0.4 is 0 Å². The van der Waals surface area contributed by atoms with Crippen molar-refractivity contribution < 1.29 is 0 Å². The lowest BCUT2D eigenvalue weighted by atomic mass is 9.70. The summed E-state index contributed by atoms with van der Waals surface area (Å²) in [5, 5.41) is 3.41. The molecule has 0 amide bonds. The zero-order valence-electron chi connectivity index (χ0n) is 14.8. The Kier molecular flexibility index (Phi) is 4.44. The average molecular weight is 353 g/mol. The van der Waals surface area contributed by atoms with Gasteiger partial charge in [-0.25, -0.2) is 9.97 Å². The third-order valence-corrected chi connectivity index (χ3v) is 6.23. The summed E-state index contributed by atoms with van der Waals surface area (Å²) in [6.45, 7) is 7.26. The fraction of sp³-hybridized carbons (Fsp3) is 0.400. The predicted octanol–water partition coefficient (Wildman–Crippen LogP) is 4.07. The van der Waals surface area contributed by atoms with Crippen molar-refractivity contribution in [3.05, 3.63) is 69.7 Å². The molecule has 1 fully saturated rings. The molecule has 0 atom stereocenters. The third kappa shape index (κ3) is 3.14.